The van der Waals surface area contributed by atoms with Gasteiger partial charge in [-0.15, -0.1) is 0 Å². The second-order valence-electron chi connectivity index (χ2n) is 27.9. The van der Waals surface area contributed by atoms with Gasteiger partial charge in [0, 0.05) is 34.1 Å². The van der Waals surface area contributed by atoms with E-state index in [1.165, 1.54) is 166 Å². The Kier molecular flexibility index (Phi) is 22.6. The molecule has 0 aliphatic rings. The third-order valence-electron chi connectivity index (χ3n) is 20.5. The number of anilines is 6. The lowest BCUT2D eigenvalue weighted by Crippen LogP contribution is -2.10. The van der Waals surface area contributed by atoms with E-state index in [0.717, 1.165) is 85.5 Å². The molecule has 0 bridgehead atoms. The van der Waals surface area contributed by atoms with Crippen molar-refractivity contribution in [3.63, 3.8) is 0 Å². The van der Waals surface area contributed by atoms with Gasteiger partial charge in [-0.1, -0.05) is 309 Å². The van der Waals surface area contributed by atoms with Crippen LogP contribution in [0.4, 0.5) is 34.1 Å². The van der Waals surface area contributed by atoms with Gasteiger partial charge < -0.3 is 9.80 Å². The van der Waals surface area contributed by atoms with Crippen LogP contribution in [0.25, 0.3) is 89.0 Å². The minimum absolute atomic E-state index is 1.03. The fraction of sp³-hybridized carbons (Fsp3) is 0.212. The van der Waals surface area contributed by atoms with Crippen molar-refractivity contribution in [1.29, 1.82) is 0 Å². The van der Waals surface area contributed by atoms with E-state index in [2.05, 4.69) is 356 Å². The first-order valence-corrected chi connectivity index (χ1v) is 37.5. The quantitative estimate of drug-likeness (QED) is 0.0451. The summed E-state index contributed by atoms with van der Waals surface area (Å²) < 4.78 is 0. The first kappa shape index (κ1) is 69.0. The minimum Gasteiger partial charge on any atom is -0.310 e. The molecule has 101 heavy (non-hydrogen) atoms. The van der Waals surface area contributed by atoms with Crippen LogP contribution in [0.5, 0.6) is 0 Å². The molecule has 0 saturated heterocycles. The third-order valence-corrected chi connectivity index (χ3v) is 20.5. The molecule has 0 saturated carbocycles. The van der Waals surface area contributed by atoms with Crippen molar-refractivity contribution in [2.75, 3.05) is 9.80 Å². The summed E-state index contributed by atoms with van der Waals surface area (Å²) in [5, 5.41) is 0. The zero-order chi connectivity index (χ0) is 69.4. The molecule has 13 aromatic carbocycles. The van der Waals surface area contributed by atoms with Crippen molar-refractivity contribution in [2.45, 2.75) is 138 Å². The fourth-order valence-corrected chi connectivity index (χ4v) is 14.8. The van der Waals surface area contributed by atoms with Crippen molar-refractivity contribution in [3.05, 3.63) is 336 Å². The lowest BCUT2D eigenvalue weighted by molar-refractivity contribution is 0.664. The number of aryl methyl sites for hydroxylation is 7. The van der Waals surface area contributed by atoms with Crippen molar-refractivity contribution >= 4 is 34.1 Å². The number of rotatable bonds is 28. The summed E-state index contributed by atoms with van der Waals surface area (Å²) in [6, 6.07) is 112. The minimum atomic E-state index is 1.03. The normalized spacial score (nSPS) is 11.3. The van der Waals surface area contributed by atoms with E-state index in [-0.39, 0.29) is 0 Å². The summed E-state index contributed by atoms with van der Waals surface area (Å²) in [4.78, 5) is 4.88. The van der Waals surface area contributed by atoms with E-state index in [4.69, 9.17) is 0 Å². The van der Waals surface area contributed by atoms with Gasteiger partial charge in [-0.25, -0.2) is 0 Å². The highest BCUT2D eigenvalue weighted by atomic mass is 15.1. The summed E-state index contributed by atoms with van der Waals surface area (Å²) in [6.45, 7) is 15.9. The number of unbranched alkanes of at least 4 members (excludes halogenated alkanes) is 6. The molecular weight excluding hydrogens is 1220 g/mol. The maximum absolute atomic E-state index is 2.62. The first-order valence-electron chi connectivity index (χ1n) is 37.5. The van der Waals surface area contributed by atoms with Gasteiger partial charge in [0.05, 0.1) is 0 Å². The molecule has 0 N–H and O–H groups in total. The van der Waals surface area contributed by atoms with Crippen LogP contribution in [0.3, 0.4) is 0 Å². The maximum Gasteiger partial charge on any atom is 0.0464 e. The highest BCUT2D eigenvalue weighted by Gasteiger charge is 2.22. The number of hydrogen-bond acceptors (Lipinski definition) is 2. The van der Waals surface area contributed by atoms with Crippen LogP contribution < -0.4 is 9.80 Å². The van der Waals surface area contributed by atoms with Gasteiger partial charge in [0.2, 0.25) is 0 Å². The Morgan fingerprint density at radius 3 is 0.762 bits per heavy atom. The third kappa shape index (κ3) is 16.5. The van der Waals surface area contributed by atoms with E-state index in [1.54, 1.807) is 0 Å². The second kappa shape index (κ2) is 33.1. The summed E-state index contributed by atoms with van der Waals surface area (Å²) in [6.07, 6.45) is 16.2. The van der Waals surface area contributed by atoms with Crippen LogP contribution in [-0.2, 0) is 25.7 Å². The Hall–Kier alpha value is -10.5. The number of benzene rings is 13. The van der Waals surface area contributed by atoms with Crippen molar-refractivity contribution in [3.8, 4) is 89.0 Å². The Morgan fingerprint density at radius 1 is 0.208 bits per heavy atom. The van der Waals surface area contributed by atoms with Gasteiger partial charge in [-0.3, -0.25) is 0 Å². The van der Waals surface area contributed by atoms with Crippen LogP contribution in [0.2, 0.25) is 0 Å². The molecule has 0 atom stereocenters. The zero-order valence-electron chi connectivity index (χ0n) is 60.6. The number of hydrogen-bond donors (Lipinski definition) is 0. The average molecular weight is 1320 g/mol. The molecule has 504 valence electrons. The average Bonchev–Trinajstić information content (AvgIpc) is 0.771. The van der Waals surface area contributed by atoms with Gasteiger partial charge >= 0.3 is 0 Å². The van der Waals surface area contributed by atoms with E-state index >= 15 is 0 Å². The monoisotopic (exact) mass is 1310 g/mol. The summed E-state index contributed by atoms with van der Waals surface area (Å²) in [5.74, 6) is 0. The summed E-state index contributed by atoms with van der Waals surface area (Å²) in [7, 11) is 0. The van der Waals surface area contributed by atoms with Gasteiger partial charge in [-0.2, -0.15) is 0 Å². The molecule has 0 aliphatic carbocycles. The van der Waals surface area contributed by atoms with Crippen molar-refractivity contribution < 1.29 is 0 Å². The summed E-state index contributed by atoms with van der Waals surface area (Å²) >= 11 is 0. The molecule has 0 spiro atoms. The molecule has 13 rings (SSSR count). The molecule has 2 nitrogen and oxygen atoms in total. The topological polar surface area (TPSA) is 6.48 Å². The van der Waals surface area contributed by atoms with Crippen LogP contribution in [0.15, 0.2) is 297 Å². The highest BCUT2D eigenvalue weighted by Crippen LogP contribution is 2.45. The van der Waals surface area contributed by atoms with Crippen LogP contribution >= 0.6 is 0 Å². The lowest BCUT2D eigenvalue weighted by atomic mass is 9.84. The van der Waals surface area contributed by atoms with E-state index < -0.39 is 0 Å². The second-order valence-corrected chi connectivity index (χ2v) is 27.9. The lowest BCUT2D eigenvalue weighted by Gasteiger charge is -2.28. The standard InChI is InChI=1S/C99H98N2/c1-8-12-14-17-25-88-70-99(97-66-64-95(68-73(97)7)101(91-57-49-85(50-58-91)78-35-29-74(21-10-3)30-36-78)92-59-51-86(52-60-92)79-37-31-75(22-11-4)32-38-79)89(26-18-15-13-9-2)69-98(88)96-65-63-94(67-72(96)6)100(90-55-47-84(48-56-90)76-23-19-16-20-24-76)93-61-53-87(54-62-93)83-45-43-82(44-46-83)81-41-39-80(40-42-81)77-33-27-71(5)28-34-77/h16,19-20,23-24,27-70H,8-15,17-18,21-22,25-26H2,1-7H3. The Morgan fingerprint density at radius 2 is 0.475 bits per heavy atom. The SMILES string of the molecule is CCCCCCc1cc(-c2ccc(N(c3ccc(-c4ccccc4)cc3)c3ccc(-c4ccc(-c5ccc(-c6ccc(C)cc6)cc5)cc4)cc3)cc2C)c(CCCCCC)cc1-c1ccc(N(c2ccc(-c3ccc(CCC)cc3)cc2)c2ccc(-c3ccc(CCC)cc3)cc2)cc1C. The maximum atomic E-state index is 2.62. The zero-order valence-corrected chi connectivity index (χ0v) is 60.6. The molecule has 0 heterocycles. The first-order chi connectivity index (χ1) is 49.6. The molecule has 0 fully saturated rings. The molecule has 0 radical (unpaired) electrons. The Labute approximate surface area is 603 Å². The van der Waals surface area contributed by atoms with Crippen LogP contribution in [0.1, 0.15) is 131 Å². The molecule has 2 heteroatoms. The fourth-order valence-electron chi connectivity index (χ4n) is 14.8. The molecule has 0 aliphatic heterocycles. The molecular formula is C99H98N2. The van der Waals surface area contributed by atoms with E-state index in [9.17, 15) is 0 Å². The van der Waals surface area contributed by atoms with Crippen molar-refractivity contribution in [1.82, 2.24) is 0 Å². The molecule has 0 unspecified atom stereocenters. The van der Waals surface area contributed by atoms with Crippen molar-refractivity contribution in [2.24, 2.45) is 0 Å². The predicted octanol–water partition coefficient (Wildman–Crippen LogP) is 29.0. The molecule has 0 amide bonds. The largest absolute Gasteiger partial charge is 0.310 e. The Bertz CT molecular complexity index is 4700. The number of nitrogens with zero attached hydrogens (tertiary/aromatic N) is 2. The molecule has 13 aromatic rings. The van der Waals surface area contributed by atoms with Gasteiger partial charge in [-0.05, 0) is 254 Å². The van der Waals surface area contributed by atoms with Gasteiger partial charge in [0.1, 0.15) is 0 Å². The van der Waals surface area contributed by atoms with Crippen LogP contribution in [-0.4, -0.2) is 0 Å². The van der Waals surface area contributed by atoms with E-state index in [0.29, 0.717) is 0 Å². The Balaban J connectivity index is 0.844. The molecule has 0 aromatic heterocycles. The van der Waals surface area contributed by atoms with Gasteiger partial charge in [0.25, 0.3) is 0 Å². The van der Waals surface area contributed by atoms with E-state index in [1.807, 2.05) is 0 Å². The highest BCUT2D eigenvalue weighted by molar-refractivity contribution is 5.87. The van der Waals surface area contributed by atoms with Gasteiger partial charge in [0.15, 0.2) is 0 Å². The smallest absolute Gasteiger partial charge is 0.0464 e. The predicted molar refractivity (Wildman–Crippen MR) is 437 cm³/mol. The summed E-state index contributed by atoms with van der Waals surface area (Å²) in [5.41, 5.74) is 36.2. The van der Waals surface area contributed by atoms with Crippen LogP contribution in [0, 0.1) is 20.8 Å².